The molecule has 0 aliphatic carbocycles. The third-order valence-electron chi connectivity index (χ3n) is 3.44. The summed E-state index contributed by atoms with van der Waals surface area (Å²) >= 11 is 26.5. The van der Waals surface area contributed by atoms with Gasteiger partial charge in [-0.05, 0) is 60.7 Å². The predicted octanol–water partition coefficient (Wildman–Crippen LogP) is 6.80. The van der Waals surface area contributed by atoms with Gasteiger partial charge in [-0.3, -0.25) is 10.1 Å². The van der Waals surface area contributed by atoms with Crippen LogP contribution in [0.25, 0.3) is 11.3 Å². The molecule has 2 N–H and O–H groups in total. The molecule has 0 fully saturated rings. The number of hydrogen-bond acceptors (Lipinski definition) is 3. The van der Waals surface area contributed by atoms with E-state index in [-0.39, 0.29) is 10.9 Å². The minimum absolute atomic E-state index is 0.0942. The predicted molar refractivity (Wildman–Crippen MR) is 117 cm³/mol. The summed E-state index contributed by atoms with van der Waals surface area (Å²) in [6.07, 6.45) is 0. The Balaban J connectivity index is 1.68. The van der Waals surface area contributed by atoms with Crippen LogP contribution in [-0.2, 0) is 0 Å². The van der Waals surface area contributed by atoms with Crippen molar-refractivity contribution in [1.82, 2.24) is 5.32 Å². The first-order valence-electron chi connectivity index (χ1n) is 7.46. The number of nitrogens with one attached hydrogen (secondary N) is 2. The summed E-state index contributed by atoms with van der Waals surface area (Å²) in [4.78, 5) is 12.3. The second kappa shape index (κ2) is 8.63. The zero-order valence-electron chi connectivity index (χ0n) is 13.4. The van der Waals surface area contributed by atoms with Crippen molar-refractivity contribution in [3.63, 3.8) is 0 Å². The van der Waals surface area contributed by atoms with Gasteiger partial charge in [0.2, 0.25) is 0 Å². The molecule has 0 spiro atoms. The van der Waals surface area contributed by atoms with E-state index in [9.17, 15) is 4.79 Å². The van der Waals surface area contributed by atoms with Crippen LogP contribution in [0.15, 0.2) is 57.4 Å². The van der Waals surface area contributed by atoms with Crippen LogP contribution in [0, 0.1) is 0 Å². The molecular formula is C18H10BrCl3N2O2S. The number of carbonyl (C=O) groups is 1. The number of hydrogen-bond donors (Lipinski definition) is 2. The molecule has 0 saturated carbocycles. The molecule has 1 heterocycles. The van der Waals surface area contributed by atoms with Gasteiger partial charge < -0.3 is 9.73 Å². The Hall–Kier alpha value is -1.57. The number of carbonyl (C=O) groups excluding carboxylic acids is 1. The topological polar surface area (TPSA) is 54.3 Å². The number of benzene rings is 2. The molecule has 0 aliphatic heterocycles. The van der Waals surface area contributed by atoms with Gasteiger partial charge in [-0.15, -0.1) is 0 Å². The van der Waals surface area contributed by atoms with Gasteiger partial charge in [-0.2, -0.15) is 0 Å². The van der Waals surface area contributed by atoms with Crippen molar-refractivity contribution in [3.05, 3.63) is 73.8 Å². The van der Waals surface area contributed by atoms with Crippen molar-refractivity contribution in [3.8, 4) is 11.3 Å². The lowest BCUT2D eigenvalue weighted by atomic mass is 10.2. The molecule has 27 heavy (non-hydrogen) atoms. The Morgan fingerprint density at radius 1 is 0.963 bits per heavy atom. The first-order valence-corrected chi connectivity index (χ1v) is 9.79. The molecule has 0 radical (unpaired) electrons. The van der Waals surface area contributed by atoms with Crippen molar-refractivity contribution in [1.29, 1.82) is 0 Å². The normalized spacial score (nSPS) is 10.5. The molecule has 0 bridgehead atoms. The smallest absolute Gasteiger partial charge is 0.293 e. The number of rotatable bonds is 3. The lowest BCUT2D eigenvalue weighted by Crippen LogP contribution is -2.33. The quantitative estimate of drug-likeness (QED) is 0.386. The second-order valence-corrected chi connectivity index (χ2v) is 7.87. The molecule has 9 heteroatoms. The van der Waals surface area contributed by atoms with Gasteiger partial charge in [0.1, 0.15) is 5.76 Å². The summed E-state index contributed by atoms with van der Waals surface area (Å²) in [6.45, 7) is 0. The summed E-state index contributed by atoms with van der Waals surface area (Å²) < 4.78 is 6.42. The highest BCUT2D eigenvalue weighted by Crippen LogP contribution is 2.29. The van der Waals surface area contributed by atoms with Gasteiger partial charge in [-0.1, -0.05) is 50.7 Å². The number of halogens is 4. The standard InChI is InChI=1S/C18H10BrCl3N2O2S/c19-10-2-4-14(13(22)8-10)23-18(27)24-17(25)16-6-5-15(26-16)9-1-3-11(20)12(21)7-9/h1-8H,(H2,23,24,25,27). The average molecular weight is 505 g/mol. The van der Waals surface area contributed by atoms with Crippen LogP contribution in [-0.4, -0.2) is 11.0 Å². The Morgan fingerprint density at radius 3 is 2.44 bits per heavy atom. The van der Waals surface area contributed by atoms with E-state index in [1.165, 1.54) is 0 Å². The fraction of sp³-hybridized carbons (Fsp3) is 0. The van der Waals surface area contributed by atoms with Crippen LogP contribution in [0.2, 0.25) is 15.1 Å². The Labute approximate surface area is 183 Å². The van der Waals surface area contributed by atoms with Crippen LogP contribution in [0.4, 0.5) is 5.69 Å². The molecule has 1 amide bonds. The molecule has 2 aromatic carbocycles. The van der Waals surface area contributed by atoms with Crippen LogP contribution in [0.5, 0.6) is 0 Å². The van der Waals surface area contributed by atoms with Crippen molar-refractivity contribution < 1.29 is 9.21 Å². The van der Waals surface area contributed by atoms with Crippen molar-refractivity contribution >= 4 is 79.7 Å². The van der Waals surface area contributed by atoms with E-state index in [1.54, 1.807) is 48.5 Å². The van der Waals surface area contributed by atoms with E-state index >= 15 is 0 Å². The van der Waals surface area contributed by atoms with Crippen LogP contribution in [0.3, 0.4) is 0 Å². The molecule has 1 aromatic heterocycles. The highest BCUT2D eigenvalue weighted by molar-refractivity contribution is 9.10. The molecule has 0 unspecified atom stereocenters. The molecule has 4 nitrogen and oxygen atoms in total. The van der Waals surface area contributed by atoms with Crippen LogP contribution >= 0.6 is 63.0 Å². The fourth-order valence-corrected chi connectivity index (χ4v) is 3.40. The van der Waals surface area contributed by atoms with Crippen LogP contribution < -0.4 is 10.6 Å². The van der Waals surface area contributed by atoms with Gasteiger partial charge in [0, 0.05) is 10.0 Å². The van der Waals surface area contributed by atoms with Crippen LogP contribution in [0.1, 0.15) is 10.6 Å². The molecule has 0 saturated heterocycles. The van der Waals surface area contributed by atoms with Crippen molar-refractivity contribution in [2.75, 3.05) is 5.32 Å². The van der Waals surface area contributed by atoms with E-state index in [0.717, 1.165) is 4.47 Å². The zero-order chi connectivity index (χ0) is 19.6. The average Bonchev–Trinajstić information content (AvgIpc) is 3.10. The number of anilines is 1. The monoisotopic (exact) mass is 502 g/mol. The maximum Gasteiger partial charge on any atom is 0.293 e. The van der Waals surface area contributed by atoms with Gasteiger partial charge >= 0.3 is 0 Å². The minimum atomic E-state index is -0.493. The third-order valence-corrected chi connectivity index (χ3v) is 5.19. The van der Waals surface area contributed by atoms with Gasteiger partial charge in [0.05, 0.1) is 20.8 Å². The Kier molecular flexibility index (Phi) is 6.44. The molecule has 0 aliphatic rings. The zero-order valence-corrected chi connectivity index (χ0v) is 18.0. The molecule has 0 atom stereocenters. The van der Waals surface area contributed by atoms with Gasteiger partial charge in [-0.25, -0.2) is 0 Å². The fourth-order valence-electron chi connectivity index (χ4n) is 2.17. The summed E-state index contributed by atoms with van der Waals surface area (Å²) in [5.41, 5.74) is 1.27. The van der Waals surface area contributed by atoms with Gasteiger partial charge in [0.15, 0.2) is 10.9 Å². The lowest BCUT2D eigenvalue weighted by Gasteiger charge is -2.10. The Morgan fingerprint density at radius 2 is 1.74 bits per heavy atom. The number of amides is 1. The first-order chi connectivity index (χ1) is 12.8. The highest BCUT2D eigenvalue weighted by atomic mass is 79.9. The maximum absolute atomic E-state index is 12.3. The van der Waals surface area contributed by atoms with E-state index in [1.807, 2.05) is 0 Å². The lowest BCUT2D eigenvalue weighted by molar-refractivity contribution is 0.0951. The second-order valence-electron chi connectivity index (χ2n) is 5.33. The molecule has 3 rings (SSSR count). The number of furan rings is 1. The highest BCUT2D eigenvalue weighted by Gasteiger charge is 2.15. The van der Waals surface area contributed by atoms with E-state index in [0.29, 0.717) is 32.1 Å². The van der Waals surface area contributed by atoms with E-state index in [4.69, 9.17) is 51.4 Å². The summed E-state index contributed by atoms with van der Waals surface area (Å²) in [7, 11) is 0. The largest absolute Gasteiger partial charge is 0.451 e. The van der Waals surface area contributed by atoms with Gasteiger partial charge in [0.25, 0.3) is 5.91 Å². The van der Waals surface area contributed by atoms with Crippen molar-refractivity contribution in [2.45, 2.75) is 0 Å². The summed E-state index contributed by atoms with van der Waals surface area (Å²) in [6, 6.07) is 13.5. The number of thiocarbonyl (C=S) groups is 1. The van der Waals surface area contributed by atoms with Crippen molar-refractivity contribution in [2.24, 2.45) is 0 Å². The Bertz CT molecular complexity index is 1040. The maximum atomic E-state index is 12.3. The third kappa shape index (κ3) is 5.03. The SMILES string of the molecule is O=C(NC(=S)Nc1ccc(Br)cc1Cl)c1ccc(-c2ccc(Cl)c(Cl)c2)o1. The first kappa shape index (κ1) is 20.2. The minimum Gasteiger partial charge on any atom is -0.451 e. The summed E-state index contributed by atoms with van der Waals surface area (Å²) in [5, 5.41) is 6.79. The molecule has 138 valence electrons. The molecule has 3 aromatic rings. The molecular weight excluding hydrogens is 495 g/mol. The van der Waals surface area contributed by atoms with E-state index < -0.39 is 5.91 Å². The summed E-state index contributed by atoms with van der Waals surface area (Å²) in [5.74, 6) is 0.0859. The van der Waals surface area contributed by atoms with E-state index in [2.05, 4.69) is 26.6 Å².